The van der Waals surface area contributed by atoms with Crippen molar-refractivity contribution < 1.29 is 14.8 Å². The van der Waals surface area contributed by atoms with Gasteiger partial charge in [0.15, 0.2) is 0 Å². The molecule has 0 amide bonds. The smallest absolute Gasteiger partial charge is 0.122 e. The third-order valence-corrected chi connectivity index (χ3v) is 3.18. The topological polar surface area (TPSA) is 118 Å². The predicted octanol–water partition coefficient (Wildman–Crippen LogP) is -0.955. The van der Waals surface area contributed by atoms with Crippen molar-refractivity contribution in [2.24, 2.45) is 11.0 Å². The first-order valence-electron chi connectivity index (χ1n) is 6.19. The second kappa shape index (κ2) is 6.89. The van der Waals surface area contributed by atoms with Crippen LogP contribution in [0.3, 0.4) is 0 Å². The highest BCUT2D eigenvalue weighted by molar-refractivity contribution is 4.67. The van der Waals surface area contributed by atoms with Crippen molar-refractivity contribution in [3.8, 4) is 0 Å². The summed E-state index contributed by atoms with van der Waals surface area (Å²) < 4.78 is 0.290. The van der Waals surface area contributed by atoms with Crippen LogP contribution in [-0.4, -0.2) is 77.7 Å². The SMILES string of the molecule is CC(O)CN1CC[N+](N)(CC(O)CN=[N+]=[N-])CC1. The van der Waals surface area contributed by atoms with Crippen LogP contribution in [0.1, 0.15) is 6.92 Å². The first-order valence-corrected chi connectivity index (χ1v) is 6.19. The van der Waals surface area contributed by atoms with Crippen LogP contribution >= 0.6 is 0 Å². The maximum absolute atomic E-state index is 9.69. The summed E-state index contributed by atoms with van der Waals surface area (Å²) in [6.07, 6.45) is -1.03. The number of piperazine rings is 1. The molecule has 1 heterocycles. The molecule has 0 bridgehead atoms. The molecule has 1 aliphatic heterocycles. The molecule has 4 N–H and O–H groups in total. The van der Waals surface area contributed by atoms with Gasteiger partial charge in [-0.05, 0) is 12.5 Å². The largest absolute Gasteiger partial charge is 0.392 e. The summed E-state index contributed by atoms with van der Waals surface area (Å²) in [6.45, 7) is 5.92. The van der Waals surface area contributed by atoms with E-state index in [9.17, 15) is 10.2 Å². The molecule has 1 fully saturated rings. The van der Waals surface area contributed by atoms with E-state index in [-0.39, 0.29) is 12.6 Å². The number of quaternary nitrogens is 1. The van der Waals surface area contributed by atoms with Gasteiger partial charge < -0.3 is 10.2 Å². The van der Waals surface area contributed by atoms with Gasteiger partial charge in [0.05, 0.1) is 12.6 Å². The molecule has 1 saturated heterocycles. The van der Waals surface area contributed by atoms with Gasteiger partial charge in [0, 0.05) is 24.5 Å². The molecule has 1 rings (SSSR count). The monoisotopic (exact) mass is 259 g/mol. The summed E-state index contributed by atoms with van der Waals surface area (Å²) in [6, 6.07) is 0. The third-order valence-electron chi connectivity index (χ3n) is 3.18. The van der Waals surface area contributed by atoms with Gasteiger partial charge >= 0.3 is 0 Å². The molecular formula is C10H23N6O2+. The Kier molecular flexibility index (Phi) is 5.80. The van der Waals surface area contributed by atoms with Crippen molar-refractivity contribution in [3.63, 3.8) is 0 Å². The Morgan fingerprint density at radius 1 is 1.44 bits per heavy atom. The lowest BCUT2D eigenvalue weighted by Gasteiger charge is -2.41. The van der Waals surface area contributed by atoms with Crippen molar-refractivity contribution in [2.75, 3.05) is 45.8 Å². The van der Waals surface area contributed by atoms with Crippen molar-refractivity contribution in [1.29, 1.82) is 0 Å². The molecule has 0 saturated carbocycles. The van der Waals surface area contributed by atoms with E-state index in [4.69, 9.17) is 11.4 Å². The standard InChI is InChI=1S/C10H23N6O2/c1-9(17)7-15-2-4-16(12,5-3-15)8-10(18)6-13-14-11/h9-10,17-18H,2-8,12H2,1H3/q+1. The number of rotatable bonds is 6. The molecule has 1 aliphatic rings. The van der Waals surface area contributed by atoms with Crippen molar-refractivity contribution in [1.82, 2.24) is 4.90 Å². The van der Waals surface area contributed by atoms with Crippen LogP contribution in [0.15, 0.2) is 5.11 Å². The molecule has 0 aliphatic carbocycles. The maximum atomic E-state index is 9.69. The van der Waals surface area contributed by atoms with Gasteiger partial charge in [-0.15, -0.1) is 0 Å². The van der Waals surface area contributed by atoms with Gasteiger partial charge in [0.25, 0.3) is 0 Å². The summed E-state index contributed by atoms with van der Waals surface area (Å²) in [7, 11) is 0. The van der Waals surface area contributed by atoms with Crippen LogP contribution in [0.5, 0.6) is 0 Å². The fraction of sp³-hybridized carbons (Fsp3) is 1.00. The lowest BCUT2D eigenvalue weighted by molar-refractivity contribution is -0.946. The zero-order chi connectivity index (χ0) is 13.6. The molecule has 2 unspecified atom stereocenters. The van der Waals surface area contributed by atoms with Crippen molar-refractivity contribution >= 4 is 0 Å². The zero-order valence-corrected chi connectivity index (χ0v) is 10.8. The van der Waals surface area contributed by atoms with Gasteiger partial charge in [-0.25, -0.2) is 4.59 Å². The molecule has 0 spiro atoms. The summed E-state index contributed by atoms with van der Waals surface area (Å²) in [5, 5.41) is 22.4. The molecule has 8 heteroatoms. The Hall–Kier alpha value is -0.890. The molecule has 0 aromatic carbocycles. The average Bonchev–Trinajstić information content (AvgIpc) is 2.29. The van der Waals surface area contributed by atoms with E-state index >= 15 is 0 Å². The Balaban J connectivity index is 2.36. The van der Waals surface area contributed by atoms with Gasteiger partial charge in [-0.3, -0.25) is 4.90 Å². The highest BCUT2D eigenvalue weighted by Gasteiger charge is 2.32. The van der Waals surface area contributed by atoms with Crippen LogP contribution in [0.2, 0.25) is 0 Å². The van der Waals surface area contributed by atoms with Crippen molar-refractivity contribution in [3.05, 3.63) is 10.4 Å². The molecule has 2 atom stereocenters. The summed E-state index contributed by atoms with van der Waals surface area (Å²) >= 11 is 0. The highest BCUT2D eigenvalue weighted by atomic mass is 16.3. The van der Waals surface area contributed by atoms with E-state index in [1.165, 1.54) is 0 Å². The summed E-state index contributed by atoms with van der Waals surface area (Å²) in [4.78, 5) is 4.78. The first-order chi connectivity index (χ1) is 8.45. The van der Waals surface area contributed by atoms with Crippen LogP contribution in [0.25, 0.3) is 10.4 Å². The van der Waals surface area contributed by atoms with E-state index < -0.39 is 6.10 Å². The quantitative estimate of drug-likeness (QED) is 0.187. The number of aliphatic hydroxyl groups excluding tert-OH is 2. The summed E-state index contributed by atoms with van der Waals surface area (Å²) in [5.41, 5.74) is 8.18. The molecular weight excluding hydrogens is 236 g/mol. The van der Waals surface area contributed by atoms with Gasteiger partial charge in [-0.2, -0.15) is 5.84 Å². The average molecular weight is 259 g/mol. The number of hydrogen-bond acceptors (Lipinski definition) is 5. The van der Waals surface area contributed by atoms with E-state index in [2.05, 4.69) is 14.9 Å². The number of nitrogens with zero attached hydrogens (tertiary/aromatic N) is 5. The minimum Gasteiger partial charge on any atom is -0.392 e. The van der Waals surface area contributed by atoms with Crippen LogP contribution < -0.4 is 5.84 Å². The van der Waals surface area contributed by atoms with E-state index in [0.717, 1.165) is 26.2 Å². The van der Waals surface area contributed by atoms with Gasteiger partial charge in [0.1, 0.15) is 25.7 Å². The Labute approximate surface area is 107 Å². The first kappa shape index (κ1) is 15.2. The highest BCUT2D eigenvalue weighted by Crippen LogP contribution is 2.09. The van der Waals surface area contributed by atoms with Crippen LogP contribution in [0, 0.1) is 0 Å². The number of aliphatic hydroxyl groups is 2. The Morgan fingerprint density at radius 3 is 2.56 bits per heavy atom. The predicted molar refractivity (Wildman–Crippen MR) is 67.2 cm³/mol. The second-order valence-corrected chi connectivity index (χ2v) is 5.07. The van der Waals surface area contributed by atoms with Crippen LogP contribution in [-0.2, 0) is 0 Å². The molecule has 0 radical (unpaired) electrons. The minimum absolute atomic E-state index is 0.0606. The fourth-order valence-corrected chi connectivity index (χ4v) is 2.25. The number of β-amino-alcohol motifs (C(OH)–C–C–N with tert-alkyl or cyclic N) is 1. The lowest BCUT2D eigenvalue weighted by Crippen LogP contribution is -2.66. The minimum atomic E-state index is -0.700. The van der Waals surface area contributed by atoms with E-state index in [0.29, 0.717) is 17.7 Å². The number of nitrogens with two attached hydrogens (primary N) is 1. The normalized spacial score (nSPS) is 23.1. The fourth-order valence-electron chi connectivity index (χ4n) is 2.25. The molecule has 8 nitrogen and oxygen atoms in total. The van der Waals surface area contributed by atoms with Crippen molar-refractivity contribution in [2.45, 2.75) is 19.1 Å². The molecule has 0 aromatic heterocycles. The van der Waals surface area contributed by atoms with E-state index in [1.54, 1.807) is 6.92 Å². The van der Waals surface area contributed by atoms with Gasteiger partial charge in [-0.1, -0.05) is 5.11 Å². The lowest BCUT2D eigenvalue weighted by atomic mass is 10.2. The maximum Gasteiger partial charge on any atom is 0.122 e. The van der Waals surface area contributed by atoms with Gasteiger partial charge in [0.2, 0.25) is 0 Å². The Bertz CT molecular complexity index is 297. The molecule has 0 aromatic rings. The van der Waals surface area contributed by atoms with Crippen LogP contribution in [0.4, 0.5) is 0 Å². The molecule has 18 heavy (non-hydrogen) atoms. The Morgan fingerprint density at radius 2 is 2.06 bits per heavy atom. The third kappa shape index (κ3) is 5.18. The number of azide groups is 1. The van der Waals surface area contributed by atoms with E-state index in [1.807, 2.05) is 0 Å². The second-order valence-electron chi connectivity index (χ2n) is 5.07. The summed E-state index contributed by atoms with van der Waals surface area (Å²) in [5.74, 6) is 6.18. The molecule has 104 valence electrons. The number of hydrogen-bond donors (Lipinski definition) is 3. The zero-order valence-electron chi connectivity index (χ0n) is 10.8.